The van der Waals surface area contributed by atoms with Crippen molar-refractivity contribution in [2.75, 3.05) is 19.8 Å². The number of ether oxygens (including phenoxy) is 1. The lowest BCUT2D eigenvalue weighted by molar-refractivity contribution is -0.0743. The summed E-state index contributed by atoms with van der Waals surface area (Å²) in [5, 5.41) is 1.72. The normalized spacial score (nSPS) is 12.1. The number of rotatable bonds is 8. The van der Waals surface area contributed by atoms with Crippen molar-refractivity contribution in [3.8, 4) is 0 Å². The average Bonchev–Trinajstić information content (AvgIpc) is 2.47. The Morgan fingerprint density at radius 1 is 1.15 bits per heavy atom. The second-order valence-corrected chi connectivity index (χ2v) is 4.52. The van der Waals surface area contributed by atoms with E-state index in [0.29, 0.717) is 0 Å². The molecule has 5 heteroatoms. The van der Waals surface area contributed by atoms with Gasteiger partial charge in [0.1, 0.15) is 0 Å². The van der Waals surface area contributed by atoms with Gasteiger partial charge < -0.3 is 4.74 Å². The Kier molecular flexibility index (Phi) is 12.7. The molecule has 1 rings (SSSR count). The molecular formula is C15H26NO3P. The van der Waals surface area contributed by atoms with E-state index in [0.717, 1.165) is 26.2 Å². The first-order valence-corrected chi connectivity index (χ1v) is 7.80. The zero-order valence-corrected chi connectivity index (χ0v) is 13.8. The Morgan fingerprint density at radius 2 is 1.75 bits per heavy atom. The summed E-state index contributed by atoms with van der Waals surface area (Å²) in [7, 11) is -0.288. The second kappa shape index (κ2) is 13.2. The van der Waals surface area contributed by atoms with E-state index in [-0.39, 0.29) is 14.7 Å². The van der Waals surface area contributed by atoms with Crippen LogP contribution in [0.2, 0.25) is 0 Å². The maximum Gasteiger partial charge on any atom is 0.346 e. The number of hydrogen-bond donors (Lipinski definition) is 0. The summed E-state index contributed by atoms with van der Waals surface area (Å²) >= 11 is 0. The van der Waals surface area contributed by atoms with Crippen LogP contribution in [0.4, 0.5) is 0 Å². The van der Waals surface area contributed by atoms with Gasteiger partial charge in [-0.15, -0.1) is 0 Å². The van der Waals surface area contributed by atoms with Crippen LogP contribution in [0.25, 0.3) is 0 Å². The molecule has 0 aromatic heterocycles. The van der Waals surface area contributed by atoms with Crippen molar-refractivity contribution in [2.45, 2.75) is 40.2 Å². The highest BCUT2D eigenvalue weighted by atomic mass is 31.1. The molecule has 1 aromatic carbocycles. The Labute approximate surface area is 124 Å². The number of benzene rings is 1. The second-order valence-electron chi connectivity index (χ2n) is 4.21. The van der Waals surface area contributed by atoms with Gasteiger partial charge in [-0.3, -0.25) is 0 Å². The molecule has 0 amide bonds. The maximum absolute atomic E-state index is 10.4. The van der Waals surface area contributed by atoms with Crippen molar-refractivity contribution in [3.63, 3.8) is 0 Å². The van der Waals surface area contributed by atoms with Gasteiger partial charge >= 0.3 is 8.69 Å². The quantitative estimate of drug-likeness (QED) is 0.534. The van der Waals surface area contributed by atoms with Crippen LogP contribution >= 0.6 is 8.69 Å². The zero-order chi connectivity index (χ0) is 15.2. The molecule has 4 nitrogen and oxygen atoms in total. The van der Waals surface area contributed by atoms with E-state index in [1.165, 1.54) is 5.56 Å². The summed E-state index contributed by atoms with van der Waals surface area (Å²) in [4.78, 5) is 0. The van der Waals surface area contributed by atoms with Gasteiger partial charge in [0, 0.05) is 25.8 Å². The van der Waals surface area contributed by atoms with Crippen molar-refractivity contribution in [1.29, 1.82) is 0 Å². The van der Waals surface area contributed by atoms with Gasteiger partial charge in [-0.2, -0.15) is 5.06 Å². The fourth-order valence-corrected chi connectivity index (χ4v) is 2.12. The largest absolute Gasteiger partial charge is 0.382 e. The van der Waals surface area contributed by atoms with Crippen LogP contribution in [-0.4, -0.2) is 30.9 Å². The van der Waals surface area contributed by atoms with Crippen molar-refractivity contribution >= 4 is 8.69 Å². The monoisotopic (exact) mass is 299 g/mol. The minimum Gasteiger partial charge on any atom is -0.382 e. The van der Waals surface area contributed by atoms with E-state index >= 15 is 0 Å². The molecule has 0 saturated carbocycles. The van der Waals surface area contributed by atoms with Crippen molar-refractivity contribution in [3.05, 3.63) is 35.9 Å². The van der Waals surface area contributed by atoms with Crippen LogP contribution in [0.1, 0.15) is 33.3 Å². The number of hydrogen-bond acceptors (Lipinski definition) is 4. The highest BCUT2D eigenvalue weighted by molar-refractivity contribution is 7.17. The van der Waals surface area contributed by atoms with Gasteiger partial charge in [0.15, 0.2) is 0 Å². The maximum atomic E-state index is 10.4. The summed E-state index contributed by atoms with van der Waals surface area (Å²) in [6.07, 6.45) is 0.893. The summed E-state index contributed by atoms with van der Waals surface area (Å²) in [6.45, 7) is 10.4. The molecule has 0 spiro atoms. The average molecular weight is 299 g/mol. The van der Waals surface area contributed by atoms with Crippen LogP contribution in [-0.2, 0) is 20.3 Å². The molecule has 114 valence electrons. The highest BCUT2D eigenvalue weighted by Gasteiger charge is 2.13. The van der Waals surface area contributed by atoms with E-state index in [4.69, 9.17) is 9.36 Å². The molecule has 0 aliphatic rings. The van der Waals surface area contributed by atoms with Crippen LogP contribution < -0.4 is 0 Å². The number of nitrogens with zero attached hydrogens (tertiary/aromatic N) is 1. The molecule has 0 heterocycles. The van der Waals surface area contributed by atoms with Crippen molar-refractivity contribution in [1.82, 2.24) is 5.06 Å². The van der Waals surface area contributed by atoms with E-state index in [1.54, 1.807) is 5.06 Å². The third kappa shape index (κ3) is 9.16. The lowest BCUT2D eigenvalue weighted by Crippen LogP contribution is -2.32. The first-order chi connectivity index (χ1) is 9.69. The Bertz CT molecular complexity index is 333. The zero-order valence-electron chi connectivity index (χ0n) is 12.9. The molecule has 0 radical (unpaired) electrons. The predicted octanol–water partition coefficient (Wildman–Crippen LogP) is 4.12. The minimum absolute atomic E-state index is 0.221. The summed E-state index contributed by atoms with van der Waals surface area (Å²) in [5.74, 6) is 0. The summed E-state index contributed by atoms with van der Waals surface area (Å²) in [6, 6.07) is 10.4. The lowest BCUT2D eigenvalue weighted by atomic mass is 10.1. The molecule has 20 heavy (non-hydrogen) atoms. The fraction of sp³-hybridized carbons (Fsp3) is 0.600. The van der Waals surface area contributed by atoms with Crippen molar-refractivity contribution < 1.29 is 13.9 Å². The van der Waals surface area contributed by atoms with E-state index in [2.05, 4.69) is 19.1 Å². The van der Waals surface area contributed by atoms with Crippen LogP contribution in [0.5, 0.6) is 0 Å². The van der Waals surface area contributed by atoms with Crippen LogP contribution in [0.15, 0.2) is 30.3 Å². The molecule has 0 N–H and O–H groups in total. The molecule has 0 aliphatic carbocycles. The molecule has 0 aliphatic heterocycles. The van der Waals surface area contributed by atoms with Gasteiger partial charge in [0.05, 0.1) is 0 Å². The molecule has 0 bridgehead atoms. The van der Waals surface area contributed by atoms with Crippen LogP contribution in [0.3, 0.4) is 0 Å². The first kappa shape index (κ1) is 19.2. The van der Waals surface area contributed by atoms with E-state index in [9.17, 15) is 4.57 Å². The predicted molar refractivity (Wildman–Crippen MR) is 82.8 cm³/mol. The summed E-state index contributed by atoms with van der Waals surface area (Å²) in [5.41, 5.74) is 1.26. The molecular weight excluding hydrogens is 273 g/mol. The van der Waals surface area contributed by atoms with Gasteiger partial charge in [0.25, 0.3) is 0 Å². The standard InChI is InChI=1S/C11H16NO2P.C4H10O/c1-3-12(14-15-13)10(2)9-11-7-5-4-6-8-11;1-3-5-4-2/h4-8,10H,3,9H2,1-2H3;3-4H2,1-2H3/t10-;/m0./s1. The lowest BCUT2D eigenvalue weighted by Gasteiger charge is -2.23. The Morgan fingerprint density at radius 3 is 2.15 bits per heavy atom. The fourth-order valence-electron chi connectivity index (χ4n) is 1.75. The molecule has 1 aromatic rings. The van der Waals surface area contributed by atoms with E-state index in [1.807, 2.05) is 39.0 Å². The topological polar surface area (TPSA) is 38.8 Å². The van der Waals surface area contributed by atoms with Gasteiger partial charge in [-0.25, -0.2) is 9.19 Å². The van der Waals surface area contributed by atoms with Crippen molar-refractivity contribution in [2.24, 2.45) is 0 Å². The smallest absolute Gasteiger partial charge is 0.346 e. The van der Waals surface area contributed by atoms with E-state index < -0.39 is 0 Å². The molecule has 0 fully saturated rings. The third-order valence-electron chi connectivity index (χ3n) is 2.72. The Balaban J connectivity index is 0.000000621. The molecule has 1 atom stereocenters. The number of likely N-dealkylation sites (N-methyl/N-ethyl adjacent to an activating group) is 1. The Hall–Kier alpha value is -0.800. The van der Waals surface area contributed by atoms with Gasteiger partial charge in [0.2, 0.25) is 0 Å². The highest BCUT2D eigenvalue weighted by Crippen LogP contribution is 2.12. The first-order valence-electron chi connectivity index (χ1n) is 7.07. The van der Waals surface area contributed by atoms with Crippen LogP contribution in [0, 0.1) is 0 Å². The van der Waals surface area contributed by atoms with Gasteiger partial charge in [-0.1, -0.05) is 37.3 Å². The summed E-state index contributed by atoms with van der Waals surface area (Å²) < 4.78 is 20.2. The third-order valence-corrected chi connectivity index (χ3v) is 3.00. The minimum atomic E-state index is -0.288. The SMILES string of the molecule is CCN(OP=O)[C@@H](C)Cc1ccccc1.CCOCC. The molecule has 0 unspecified atom stereocenters. The molecule has 0 saturated heterocycles. The van der Waals surface area contributed by atoms with Gasteiger partial charge in [-0.05, 0) is 32.8 Å². The number of hydroxylamine groups is 2.